The number of piperidine rings is 1. The molecule has 3 aromatic rings. The summed E-state index contributed by atoms with van der Waals surface area (Å²) in [7, 11) is 0. The van der Waals surface area contributed by atoms with E-state index in [1.54, 1.807) is 30.3 Å². The number of aryl methyl sites for hydroxylation is 1. The number of benzene rings is 2. The minimum atomic E-state index is -0.161. The lowest BCUT2D eigenvalue weighted by Crippen LogP contribution is -2.40. The average Bonchev–Trinajstić information content (AvgIpc) is 2.80. The Labute approximate surface area is 195 Å². The van der Waals surface area contributed by atoms with E-state index in [-0.39, 0.29) is 23.2 Å². The molecular formula is C24H23Cl2N3O3. The number of Topliss-reactive ketones (excluding diaryl/α,β-unsaturated/α-hetero) is 1. The number of para-hydroxylation sites is 1. The predicted octanol–water partition coefficient (Wildman–Crippen LogP) is 4.67. The molecule has 0 unspecified atom stereocenters. The summed E-state index contributed by atoms with van der Waals surface area (Å²) in [6.07, 6.45) is 2.76. The standard InChI is InChI=1S/C24H23Cl2N3O3/c25-18-9-8-16(14-19(18)26)23(31)15-10-12-29(13-11-15)22(30)7-3-6-21-27-20-5-2-1-4-17(20)24(32)28-21/h1-2,4-5,8-9,14-15H,3,6-7,10-13H2,(H,27,28,32). The number of H-pyrrole nitrogens is 1. The van der Waals surface area contributed by atoms with E-state index in [9.17, 15) is 14.4 Å². The Kier molecular flexibility index (Phi) is 6.92. The molecule has 1 fully saturated rings. The fraction of sp³-hybridized carbons (Fsp3) is 0.333. The van der Waals surface area contributed by atoms with Gasteiger partial charge in [0.2, 0.25) is 5.91 Å². The maximum absolute atomic E-state index is 12.7. The van der Waals surface area contributed by atoms with Crippen LogP contribution in [-0.4, -0.2) is 39.6 Å². The molecule has 0 aliphatic carbocycles. The van der Waals surface area contributed by atoms with E-state index in [1.807, 2.05) is 17.0 Å². The van der Waals surface area contributed by atoms with Crippen molar-refractivity contribution < 1.29 is 9.59 Å². The highest BCUT2D eigenvalue weighted by Crippen LogP contribution is 2.27. The molecular weight excluding hydrogens is 449 g/mol. The lowest BCUT2D eigenvalue weighted by Gasteiger charge is -2.31. The summed E-state index contributed by atoms with van der Waals surface area (Å²) in [6, 6.07) is 12.1. The molecule has 0 spiro atoms. The maximum atomic E-state index is 12.7. The van der Waals surface area contributed by atoms with Gasteiger partial charge in [-0.1, -0.05) is 35.3 Å². The molecule has 2 heterocycles. The van der Waals surface area contributed by atoms with E-state index in [0.717, 1.165) is 0 Å². The molecule has 1 aliphatic heterocycles. The Morgan fingerprint density at radius 2 is 1.81 bits per heavy atom. The first-order valence-electron chi connectivity index (χ1n) is 10.7. The molecule has 1 aromatic heterocycles. The van der Waals surface area contributed by atoms with Crippen molar-refractivity contribution in [3.8, 4) is 0 Å². The SMILES string of the molecule is O=C(c1ccc(Cl)c(Cl)c1)C1CCN(C(=O)CCCc2nc3ccccc3c(=O)[nH]2)CC1. The van der Waals surface area contributed by atoms with E-state index < -0.39 is 0 Å². The van der Waals surface area contributed by atoms with Gasteiger partial charge in [-0.25, -0.2) is 4.98 Å². The van der Waals surface area contributed by atoms with Crippen LogP contribution in [0.1, 0.15) is 41.9 Å². The van der Waals surface area contributed by atoms with Gasteiger partial charge in [0.05, 0.1) is 20.9 Å². The van der Waals surface area contributed by atoms with Gasteiger partial charge < -0.3 is 9.88 Å². The second-order valence-electron chi connectivity index (χ2n) is 8.03. The summed E-state index contributed by atoms with van der Waals surface area (Å²) < 4.78 is 0. The molecule has 166 valence electrons. The molecule has 1 amide bonds. The number of carbonyl (C=O) groups is 2. The van der Waals surface area contributed by atoms with Gasteiger partial charge in [-0.05, 0) is 49.6 Å². The highest BCUT2D eigenvalue weighted by atomic mass is 35.5. The normalized spacial score (nSPS) is 14.6. The summed E-state index contributed by atoms with van der Waals surface area (Å²) >= 11 is 12.0. The zero-order chi connectivity index (χ0) is 22.7. The van der Waals surface area contributed by atoms with Crippen molar-refractivity contribution in [3.05, 3.63) is 74.3 Å². The lowest BCUT2D eigenvalue weighted by atomic mass is 9.88. The van der Waals surface area contributed by atoms with Gasteiger partial charge in [0, 0.05) is 37.4 Å². The largest absolute Gasteiger partial charge is 0.343 e. The highest BCUT2D eigenvalue weighted by Gasteiger charge is 2.28. The molecule has 4 rings (SSSR count). The topological polar surface area (TPSA) is 83.1 Å². The Bertz CT molecular complexity index is 1220. The van der Waals surface area contributed by atoms with E-state index in [4.69, 9.17) is 23.2 Å². The predicted molar refractivity (Wildman–Crippen MR) is 125 cm³/mol. The number of fused-ring (bicyclic) bond motifs is 1. The van der Waals surface area contributed by atoms with Gasteiger partial charge in [0.15, 0.2) is 5.78 Å². The number of amides is 1. The molecule has 6 nitrogen and oxygen atoms in total. The van der Waals surface area contributed by atoms with Gasteiger partial charge in [0.1, 0.15) is 5.82 Å². The second-order valence-corrected chi connectivity index (χ2v) is 8.85. The van der Waals surface area contributed by atoms with Crippen LogP contribution in [0.25, 0.3) is 10.9 Å². The molecule has 1 N–H and O–H groups in total. The highest BCUT2D eigenvalue weighted by molar-refractivity contribution is 6.42. The van der Waals surface area contributed by atoms with Crippen molar-refractivity contribution in [3.63, 3.8) is 0 Å². The van der Waals surface area contributed by atoms with Crippen LogP contribution in [0.5, 0.6) is 0 Å². The molecule has 32 heavy (non-hydrogen) atoms. The fourth-order valence-corrected chi connectivity index (χ4v) is 4.39. The molecule has 1 aliphatic rings. The van der Waals surface area contributed by atoms with Crippen molar-refractivity contribution in [2.24, 2.45) is 5.92 Å². The summed E-state index contributed by atoms with van der Waals surface area (Å²) in [5.41, 5.74) is 1.05. The van der Waals surface area contributed by atoms with Gasteiger partial charge in [-0.3, -0.25) is 14.4 Å². The van der Waals surface area contributed by atoms with Gasteiger partial charge in [0.25, 0.3) is 5.56 Å². The Morgan fingerprint density at radius 1 is 1.06 bits per heavy atom. The van der Waals surface area contributed by atoms with E-state index in [1.165, 1.54) is 0 Å². The van der Waals surface area contributed by atoms with Gasteiger partial charge in [-0.15, -0.1) is 0 Å². The van der Waals surface area contributed by atoms with Crippen molar-refractivity contribution in [2.75, 3.05) is 13.1 Å². The average molecular weight is 472 g/mol. The van der Waals surface area contributed by atoms with Crippen molar-refractivity contribution in [1.29, 1.82) is 0 Å². The van der Waals surface area contributed by atoms with Crippen LogP contribution < -0.4 is 5.56 Å². The number of ketones is 1. The zero-order valence-electron chi connectivity index (χ0n) is 17.4. The number of nitrogens with zero attached hydrogens (tertiary/aromatic N) is 2. The first kappa shape index (κ1) is 22.5. The number of hydrogen-bond donors (Lipinski definition) is 1. The van der Waals surface area contributed by atoms with E-state index in [2.05, 4.69) is 9.97 Å². The molecule has 0 atom stereocenters. The third-order valence-corrected chi connectivity index (χ3v) is 6.63. The number of nitrogens with one attached hydrogen (secondary N) is 1. The van der Waals surface area contributed by atoms with Gasteiger partial charge in [-0.2, -0.15) is 0 Å². The Morgan fingerprint density at radius 3 is 2.56 bits per heavy atom. The first-order chi connectivity index (χ1) is 15.4. The minimum absolute atomic E-state index is 0.0435. The third-order valence-electron chi connectivity index (χ3n) is 5.89. The van der Waals surface area contributed by atoms with Crippen molar-refractivity contribution in [1.82, 2.24) is 14.9 Å². The van der Waals surface area contributed by atoms with Crippen LogP contribution in [0.3, 0.4) is 0 Å². The molecule has 2 aromatic carbocycles. The monoisotopic (exact) mass is 471 g/mol. The first-order valence-corrected chi connectivity index (χ1v) is 11.4. The summed E-state index contributed by atoms with van der Waals surface area (Å²) in [5, 5.41) is 1.35. The maximum Gasteiger partial charge on any atom is 0.258 e. The van der Waals surface area contributed by atoms with Crippen LogP contribution in [0, 0.1) is 5.92 Å². The quantitative estimate of drug-likeness (QED) is 0.529. The number of likely N-dealkylation sites (tertiary alicyclic amines) is 1. The van der Waals surface area contributed by atoms with E-state index in [0.29, 0.717) is 77.5 Å². The van der Waals surface area contributed by atoms with Crippen LogP contribution >= 0.6 is 23.2 Å². The number of hydrogen-bond acceptors (Lipinski definition) is 4. The van der Waals surface area contributed by atoms with E-state index >= 15 is 0 Å². The van der Waals surface area contributed by atoms with Crippen LogP contribution in [0.15, 0.2) is 47.3 Å². The number of halogens is 2. The number of rotatable bonds is 6. The van der Waals surface area contributed by atoms with Crippen molar-refractivity contribution in [2.45, 2.75) is 32.1 Å². The molecule has 1 saturated heterocycles. The third kappa shape index (κ3) is 5.03. The number of aromatic nitrogens is 2. The number of aromatic amines is 1. The Hall–Kier alpha value is -2.70. The zero-order valence-corrected chi connectivity index (χ0v) is 19.0. The molecule has 0 saturated carbocycles. The van der Waals surface area contributed by atoms with Gasteiger partial charge >= 0.3 is 0 Å². The smallest absolute Gasteiger partial charge is 0.258 e. The molecule has 0 radical (unpaired) electrons. The number of carbonyl (C=O) groups excluding carboxylic acids is 2. The van der Waals surface area contributed by atoms with Crippen LogP contribution in [-0.2, 0) is 11.2 Å². The van der Waals surface area contributed by atoms with Crippen molar-refractivity contribution >= 4 is 45.8 Å². The summed E-state index contributed by atoms with van der Waals surface area (Å²) in [4.78, 5) is 46.6. The summed E-state index contributed by atoms with van der Waals surface area (Å²) in [5.74, 6) is 0.575. The Balaban J connectivity index is 1.27. The van der Waals surface area contributed by atoms with Crippen LogP contribution in [0.2, 0.25) is 10.0 Å². The molecule has 8 heteroatoms. The fourth-order valence-electron chi connectivity index (χ4n) is 4.09. The lowest BCUT2D eigenvalue weighted by molar-refractivity contribution is -0.132. The molecule has 0 bridgehead atoms. The summed E-state index contributed by atoms with van der Waals surface area (Å²) in [6.45, 7) is 1.11. The second kappa shape index (κ2) is 9.84. The minimum Gasteiger partial charge on any atom is -0.343 e. The van der Waals surface area contributed by atoms with Crippen LogP contribution in [0.4, 0.5) is 0 Å².